The van der Waals surface area contributed by atoms with Gasteiger partial charge in [-0.25, -0.2) is 0 Å². The fourth-order valence-electron chi connectivity index (χ4n) is 3.11. The lowest BCUT2D eigenvalue weighted by molar-refractivity contribution is -0.121. The van der Waals surface area contributed by atoms with Gasteiger partial charge in [0.25, 0.3) is 5.91 Å². The highest BCUT2D eigenvalue weighted by Gasteiger charge is 2.39. The molecule has 1 aromatic carbocycles. The summed E-state index contributed by atoms with van der Waals surface area (Å²) in [5.41, 5.74) is 5.74. The third kappa shape index (κ3) is 3.07. The fourth-order valence-corrected chi connectivity index (χ4v) is 3.11. The summed E-state index contributed by atoms with van der Waals surface area (Å²) < 4.78 is 5.17. The first kappa shape index (κ1) is 13.7. The number of hydrogen-bond donors (Lipinski definition) is 2. The number of primary amides is 1. The number of nitrogens with two attached hydrogens (primary N) is 1. The molecule has 1 saturated carbocycles. The quantitative estimate of drug-likeness (QED) is 0.808. The zero-order chi connectivity index (χ0) is 14.8. The molecule has 0 aliphatic heterocycles. The Morgan fingerprint density at radius 2 is 1.95 bits per heavy atom. The Kier molecular flexibility index (Phi) is 3.64. The Labute approximate surface area is 123 Å². The van der Waals surface area contributed by atoms with Gasteiger partial charge in [0.05, 0.1) is 0 Å². The Morgan fingerprint density at radius 1 is 1.19 bits per heavy atom. The van der Waals surface area contributed by atoms with Crippen LogP contribution in [-0.2, 0) is 9.59 Å². The number of amides is 2. The molecule has 2 aliphatic rings. The molecule has 0 heterocycles. The molecular weight excluding hydrogens is 268 g/mol. The normalized spacial score (nSPS) is 25.8. The van der Waals surface area contributed by atoms with E-state index in [4.69, 9.17) is 10.5 Å². The number of benzene rings is 1. The molecule has 5 heteroatoms. The van der Waals surface area contributed by atoms with Crippen LogP contribution in [0.25, 0.3) is 0 Å². The van der Waals surface area contributed by atoms with E-state index in [2.05, 4.69) is 17.5 Å². The van der Waals surface area contributed by atoms with Crippen molar-refractivity contribution in [2.75, 3.05) is 11.9 Å². The maximum absolute atomic E-state index is 12.3. The third-order valence-electron chi connectivity index (χ3n) is 4.12. The van der Waals surface area contributed by atoms with Crippen LogP contribution >= 0.6 is 0 Å². The lowest BCUT2D eigenvalue weighted by atomic mass is 9.93. The maximum atomic E-state index is 12.3. The molecule has 2 aliphatic carbocycles. The number of hydrogen-bond acceptors (Lipinski definition) is 3. The molecule has 3 atom stereocenters. The molecule has 0 spiro atoms. The molecule has 0 radical (unpaired) electrons. The summed E-state index contributed by atoms with van der Waals surface area (Å²) in [5, 5.41) is 2.94. The summed E-state index contributed by atoms with van der Waals surface area (Å²) >= 11 is 0. The van der Waals surface area contributed by atoms with Gasteiger partial charge in [0.2, 0.25) is 5.91 Å². The minimum atomic E-state index is -0.517. The first-order valence-electron chi connectivity index (χ1n) is 7.12. The largest absolute Gasteiger partial charge is 0.484 e. The molecule has 5 nitrogen and oxygen atoms in total. The third-order valence-corrected chi connectivity index (χ3v) is 4.12. The standard InChI is InChI=1S/C16H18N2O3/c17-15(19)9-21-13-5-3-12(4-6-13)18-16(20)14-8-10-1-2-11(14)7-10/h1-6,10-11,14H,7-9H2,(H2,17,19)(H,18,20). The van der Waals surface area contributed by atoms with Gasteiger partial charge in [-0.3, -0.25) is 9.59 Å². The summed E-state index contributed by atoms with van der Waals surface area (Å²) in [7, 11) is 0. The Hall–Kier alpha value is -2.30. The van der Waals surface area contributed by atoms with Gasteiger partial charge in [-0.2, -0.15) is 0 Å². The highest BCUT2D eigenvalue weighted by Crippen LogP contribution is 2.43. The average molecular weight is 286 g/mol. The van der Waals surface area contributed by atoms with Crippen LogP contribution in [0.15, 0.2) is 36.4 Å². The van der Waals surface area contributed by atoms with Crippen molar-refractivity contribution < 1.29 is 14.3 Å². The van der Waals surface area contributed by atoms with Gasteiger partial charge in [-0.15, -0.1) is 0 Å². The van der Waals surface area contributed by atoms with E-state index in [9.17, 15) is 9.59 Å². The number of rotatable bonds is 5. The van der Waals surface area contributed by atoms with E-state index in [-0.39, 0.29) is 18.4 Å². The van der Waals surface area contributed by atoms with Gasteiger partial charge in [0.15, 0.2) is 6.61 Å². The zero-order valence-corrected chi connectivity index (χ0v) is 11.6. The molecule has 3 N–H and O–H groups in total. The van der Waals surface area contributed by atoms with E-state index in [1.165, 1.54) is 0 Å². The molecule has 3 rings (SSSR count). The average Bonchev–Trinajstić information content (AvgIpc) is 3.09. The smallest absolute Gasteiger partial charge is 0.255 e. The van der Waals surface area contributed by atoms with Gasteiger partial charge in [0, 0.05) is 11.6 Å². The topological polar surface area (TPSA) is 81.4 Å². The predicted molar refractivity (Wildman–Crippen MR) is 78.6 cm³/mol. The Balaban J connectivity index is 1.56. The molecule has 21 heavy (non-hydrogen) atoms. The predicted octanol–water partition coefficient (Wildman–Crippen LogP) is 1.70. The van der Waals surface area contributed by atoms with Crippen LogP contribution in [-0.4, -0.2) is 18.4 Å². The van der Waals surface area contributed by atoms with Crippen LogP contribution < -0.4 is 15.8 Å². The van der Waals surface area contributed by atoms with Gasteiger partial charge in [-0.1, -0.05) is 12.2 Å². The molecule has 1 fully saturated rings. The van der Waals surface area contributed by atoms with Crippen molar-refractivity contribution in [2.45, 2.75) is 12.8 Å². The van der Waals surface area contributed by atoms with Crippen molar-refractivity contribution in [3.05, 3.63) is 36.4 Å². The highest BCUT2D eigenvalue weighted by atomic mass is 16.5. The molecule has 110 valence electrons. The van der Waals surface area contributed by atoms with E-state index >= 15 is 0 Å². The number of carbonyl (C=O) groups is 2. The Bertz CT molecular complexity index is 580. The summed E-state index contributed by atoms with van der Waals surface area (Å²) in [4.78, 5) is 22.9. The van der Waals surface area contributed by atoms with Crippen molar-refractivity contribution in [1.82, 2.24) is 0 Å². The number of carbonyl (C=O) groups excluding carboxylic acids is 2. The van der Waals surface area contributed by atoms with Crippen LogP contribution in [0.1, 0.15) is 12.8 Å². The van der Waals surface area contributed by atoms with Crippen molar-refractivity contribution in [2.24, 2.45) is 23.5 Å². The van der Waals surface area contributed by atoms with E-state index in [0.29, 0.717) is 17.6 Å². The number of nitrogens with one attached hydrogen (secondary N) is 1. The molecule has 2 bridgehead atoms. The second kappa shape index (κ2) is 5.60. The van der Waals surface area contributed by atoms with Crippen LogP contribution in [0, 0.1) is 17.8 Å². The van der Waals surface area contributed by atoms with Crippen LogP contribution in [0.5, 0.6) is 5.75 Å². The molecule has 0 aromatic heterocycles. The zero-order valence-electron chi connectivity index (χ0n) is 11.6. The minimum absolute atomic E-state index is 0.0812. The van der Waals surface area contributed by atoms with E-state index in [0.717, 1.165) is 18.5 Å². The molecule has 0 saturated heterocycles. The number of anilines is 1. The van der Waals surface area contributed by atoms with Crippen LogP contribution in [0.3, 0.4) is 0 Å². The second-order valence-corrected chi connectivity index (χ2v) is 5.66. The maximum Gasteiger partial charge on any atom is 0.255 e. The van der Waals surface area contributed by atoms with Gasteiger partial charge in [-0.05, 0) is 48.9 Å². The SMILES string of the molecule is NC(=O)COc1ccc(NC(=O)C2CC3C=CC2C3)cc1. The van der Waals surface area contributed by atoms with Crippen LogP contribution in [0.2, 0.25) is 0 Å². The van der Waals surface area contributed by atoms with E-state index in [1.54, 1.807) is 24.3 Å². The molecular formula is C16H18N2O3. The number of fused-ring (bicyclic) bond motifs is 2. The number of ether oxygens (including phenoxy) is 1. The summed E-state index contributed by atoms with van der Waals surface area (Å²) in [6.45, 7) is -0.150. The number of allylic oxidation sites excluding steroid dienone is 2. The van der Waals surface area contributed by atoms with Crippen molar-refractivity contribution >= 4 is 17.5 Å². The molecule has 1 aromatic rings. The van der Waals surface area contributed by atoms with Gasteiger partial charge >= 0.3 is 0 Å². The van der Waals surface area contributed by atoms with Gasteiger partial charge < -0.3 is 15.8 Å². The highest BCUT2D eigenvalue weighted by molar-refractivity contribution is 5.93. The second-order valence-electron chi connectivity index (χ2n) is 5.66. The lowest BCUT2D eigenvalue weighted by Gasteiger charge is -2.17. The van der Waals surface area contributed by atoms with Gasteiger partial charge in [0.1, 0.15) is 5.75 Å². The first-order valence-corrected chi connectivity index (χ1v) is 7.12. The monoisotopic (exact) mass is 286 g/mol. The van der Waals surface area contributed by atoms with Crippen molar-refractivity contribution in [3.63, 3.8) is 0 Å². The van der Waals surface area contributed by atoms with Crippen molar-refractivity contribution in [3.8, 4) is 5.75 Å². The van der Waals surface area contributed by atoms with E-state index in [1.807, 2.05) is 0 Å². The molecule has 3 unspecified atom stereocenters. The fraction of sp³-hybridized carbons (Fsp3) is 0.375. The lowest BCUT2D eigenvalue weighted by Crippen LogP contribution is -2.25. The summed E-state index contributed by atoms with van der Waals surface area (Å²) in [5.74, 6) is 1.18. The molecule has 2 amide bonds. The minimum Gasteiger partial charge on any atom is -0.484 e. The van der Waals surface area contributed by atoms with E-state index < -0.39 is 5.91 Å². The van der Waals surface area contributed by atoms with Crippen molar-refractivity contribution in [1.29, 1.82) is 0 Å². The summed E-state index contributed by atoms with van der Waals surface area (Å²) in [6, 6.07) is 6.94. The first-order chi connectivity index (χ1) is 10.1. The Morgan fingerprint density at radius 3 is 2.52 bits per heavy atom. The summed E-state index contributed by atoms with van der Waals surface area (Å²) in [6.07, 6.45) is 6.45. The van der Waals surface area contributed by atoms with Crippen LogP contribution in [0.4, 0.5) is 5.69 Å².